The third kappa shape index (κ3) is 4.17. The highest BCUT2D eigenvalue weighted by molar-refractivity contribution is 6.22. The fraction of sp³-hybridized carbons (Fsp3) is 0.471. The predicted octanol–water partition coefficient (Wildman–Crippen LogP) is 3.75. The van der Waals surface area contributed by atoms with Crippen molar-refractivity contribution in [1.29, 1.82) is 0 Å². The first-order valence-corrected chi connectivity index (χ1v) is 8.37. The number of nitrogens with zero attached hydrogens (tertiary/aromatic N) is 2. The van der Waals surface area contributed by atoms with E-state index < -0.39 is 0 Å². The van der Waals surface area contributed by atoms with Crippen molar-refractivity contribution >= 4 is 17.2 Å². The number of hydrogen-bond acceptors (Lipinski definition) is 3. The fourth-order valence-electron chi connectivity index (χ4n) is 2.19. The largest absolute Gasteiger partial charge is 0.400 e. The van der Waals surface area contributed by atoms with Crippen LogP contribution in [0.3, 0.4) is 0 Å². The van der Waals surface area contributed by atoms with Gasteiger partial charge in [0.05, 0.1) is 17.6 Å². The Bertz CT molecular complexity index is 641. The average Bonchev–Trinajstić information content (AvgIpc) is 3.29. The lowest BCUT2D eigenvalue weighted by Gasteiger charge is -2.03. The van der Waals surface area contributed by atoms with E-state index in [1.54, 1.807) is 6.20 Å². The summed E-state index contributed by atoms with van der Waals surface area (Å²) in [6, 6.07) is 4.27. The average molecular weight is 321 g/mol. The lowest BCUT2D eigenvalue weighted by atomic mass is 10.2. The Kier molecular flexibility index (Phi) is 5.72. The molecule has 0 aliphatic heterocycles. The molecule has 0 aromatic carbocycles. The van der Waals surface area contributed by atoms with E-state index in [0.717, 1.165) is 17.3 Å². The lowest BCUT2D eigenvalue weighted by Crippen LogP contribution is -2.14. The van der Waals surface area contributed by atoms with Crippen LogP contribution in [0.5, 0.6) is 0 Å². The highest BCUT2D eigenvalue weighted by Crippen LogP contribution is 2.39. The van der Waals surface area contributed by atoms with Gasteiger partial charge in [-0.15, -0.1) is 11.6 Å². The van der Waals surface area contributed by atoms with E-state index in [1.807, 2.05) is 20.8 Å². The third-order valence-corrected chi connectivity index (χ3v) is 3.84. The van der Waals surface area contributed by atoms with Gasteiger partial charge >= 0.3 is 0 Å². The minimum Gasteiger partial charge on any atom is -0.400 e. The van der Waals surface area contributed by atoms with Gasteiger partial charge in [-0.3, -0.25) is 0 Å². The molecule has 0 radical (unpaired) electrons. The van der Waals surface area contributed by atoms with Gasteiger partial charge in [-0.2, -0.15) is 0 Å². The molecule has 2 aromatic heterocycles. The molecule has 5 heteroatoms. The van der Waals surface area contributed by atoms with Crippen LogP contribution in [0.15, 0.2) is 36.4 Å². The van der Waals surface area contributed by atoms with Crippen LogP contribution in [0, 0.1) is 0 Å². The Balaban J connectivity index is 0.000000847. The van der Waals surface area contributed by atoms with Gasteiger partial charge in [0.25, 0.3) is 0 Å². The van der Waals surface area contributed by atoms with Crippen LogP contribution in [0.4, 0.5) is 0 Å². The molecular formula is C17H25ClN4. The smallest absolute Gasteiger partial charge is 0.137 e. The van der Waals surface area contributed by atoms with Crippen LogP contribution in [0.25, 0.3) is 5.65 Å². The normalized spacial score (nSPS) is 16.1. The maximum absolute atomic E-state index is 5.87. The maximum Gasteiger partial charge on any atom is 0.137 e. The van der Waals surface area contributed by atoms with Crippen molar-refractivity contribution in [3.8, 4) is 0 Å². The summed E-state index contributed by atoms with van der Waals surface area (Å²) in [4.78, 5) is 4.57. The number of rotatable bonds is 5. The number of allylic oxidation sites excluding steroid dienone is 1. The highest BCUT2D eigenvalue weighted by atomic mass is 35.5. The van der Waals surface area contributed by atoms with Crippen molar-refractivity contribution in [2.24, 2.45) is 5.73 Å². The molecule has 22 heavy (non-hydrogen) atoms. The van der Waals surface area contributed by atoms with E-state index in [1.165, 1.54) is 18.4 Å². The molecule has 1 aliphatic rings. The van der Waals surface area contributed by atoms with Crippen molar-refractivity contribution in [3.05, 3.63) is 47.7 Å². The lowest BCUT2D eigenvalue weighted by molar-refractivity contribution is 0.827. The van der Waals surface area contributed by atoms with Crippen LogP contribution >= 0.6 is 11.6 Å². The maximum atomic E-state index is 5.87. The Labute approximate surface area is 137 Å². The zero-order chi connectivity index (χ0) is 16.1. The molecule has 0 spiro atoms. The number of halogens is 1. The van der Waals surface area contributed by atoms with Gasteiger partial charge < -0.3 is 15.5 Å². The molecule has 1 fully saturated rings. The topological polar surface area (TPSA) is 55.3 Å². The summed E-state index contributed by atoms with van der Waals surface area (Å²) < 4.78 is 2.10. The summed E-state index contributed by atoms with van der Waals surface area (Å²) in [6.07, 6.45) is 8.62. The number of fused-ring (bicyclic) bond motifs is 1. The van der Waals surface area contributed by atoms with Crippen molar-refractivity contribution in [3.63, 3.8) is 0 Å². The van der Waals surface area contributed by atoms with Crippen LogP contribution in [-0.4, -0.2) is 14.8 Å². The van der Waals surface area contributed by atoms with E-state index in [2.05, 4.69) is 39.2 Å². The minimum atomic E-state index is -0.162. The standard InChI is InChI=1S/C15H19ClN4.C2H6/c1-10(16)14(17)7-18-6-13-9-20-8-12(11-2-3-11)4-5-15(20)19-13;1-2/h4-5,7-11,18H,2-3,6,17H2,1H3;1-2H3/b14-7-;. The fourth-order valence-corrected chi connectivity index (χ4v) is 2.26. The van der Waals surface area contributed by atoms with Crippen molar-refractivity contribution < 1.29 is 0 Å². The van der Waals surface area contributed by atoms with Crippen molar-refractivity contribution in [2.45, 2.75) is 51.5 Å². The van der Waals surface area contributed by atoms with Gasteiger partial charge in [0.1, 0.15) is 5.65 Å². The summed E-state index contributed by atoms with van der Waals surface area (Å²) in [7, 11) is 0. The number of nitrogens with one attached hydrogen (secondary N) is 1. The van der Waals surface area contributed by atoms with E-state index >= 15 is 0 Å². The first-order valence-electron chi connectivity index (χ1n) is 7.94. The van der Waals surface area contributed by atoms with E-state index in [4.69, 9.17) is 17.3 Å². The number of hydrogen-bond donors (Lipinski definition) is 2. The van der Waals surface area contributed by atoms with Crippen LogP contribution in [0.1, 0.15) is 50.8 Å². The Morgan fingerprint density at radius 1 is 1.45 bits per heavy atom. The van der Waals surface area contributed by atoms with Crippen LogP contribution in [0.2, 0.25) is 0 Å². The summed E-state index contributed by atoms with van der Waals surface area (Å²) in [5.74, 6) is 0.760. The quantitative estimate of drug-likeness (QED) is 0.825. The van der Waals surface area contributed by atoms with Crippen LogP contribution in [-0.2, 0) is 6.54 Å². The summed E-state index contributed by atoms with van der Waals surface area (Å²) in [6.45, 7) is 6.49. The minimum absolute atomic E-state index is 0.162. The van der Waals surface area contributed by atoms with E-state index in [0.29, 0.717) is 12.2 Å². The number of imidazole rings is 1. The first kappa shape index (κ1) is 16.7. The number of nitrogens with two attached hydrogens (primary N) is 1. The van der Waals surface area contributed by atoms with Crippen molar-refractivity contribution in [2.75, 3.05) is 0 Å². The zero-order valence-electron chi connectivity index (χ0n) is 13.5. The molecule has 0 amide bonds. The molecule has 0 saturated heterocycles. The second-order valence-electron chi connectivity index (χ2n) is 5.38. The molecule has 1 unspecified atom stereocenters. The van der Waals surface area contributed by atoms with Gasteiger partial charge in [0.2, 0.25) is 0 Å². The molecule has 0 bridgehead atoms. The molecule has 3 N–H and O–H groups in total. The summed E-state index contributed by atoms with van der Waals surface area (Å²) in [5.41, 5.74) is 9.77. The second-order valence-corrected chi connectivity index (χ2v) is 6.03. The molecule has 3 rings (SSSR count). The Hall–Kier alpha value is -1.68. The first-order chi connectivity index (χ1) is 10.6. The molecule has 120 valence electrons. The molecule has 4 nitrogen and oxygen atoms in total. The molecule has 1 saturated carbocycles. The SMILES string of the molecule is CC.CC(Cl)/C(N)=C/NCc1cn2cc(C3CC3)ccc2n1. The predicted molar refractivity (Wildman–Crippen MR) is 92.9 cm³/mol. The van der Waals surface area contributed by atoms with E-state index in [9.17, 15) is 0 Å². The highest BCUT2D eigenvalue weighted by Gasteiger charge is 2.23. The second kappa shape index (κ2) is 7.54. The van der Waals surface area contributed by atoms with E-state index in [-0.39, 0.29) is 5.38 Å². The number of pyridine rings is 1. The van der Waals surface area contributed by atoms with Gasteiger partial charge in [0, 0.05) is 24.3 Å². The Morgan fingerprint density at radius 3 is 2.82 bits per heavy atom. The summed E-state index contributed by atoms with van der Waals surface area (Å²) in [5, 5.41) is 2.98. The van der Waals surface area contributed by atoms with Gasteiger partial charge in [-0.25, -0.2) is 4.98 Å². The molecule has 1 atom stereocenters. The number of aromatic nitrogens is 2. The zero-order valence-corrected chi connectivity index (χ0v) is 14.3. The van der Waals surface area contributed by atoms with Crippen LogP contribution < -0.4 is 11.1 Å². The van der Waals surface area contributed by atoms with Crippen molar-refractivity contribution in [1.82, 2.24) is 14.7 Å². The molecule has 2 aromatic rings. The molecule has 1 aliphatic carbocycles. The summed E-state index contributed by atoms with van der Waals surface area (Å²) >= 11 is 5.87. The van der Waals surface area contributed by atoms with Gasteiger partial charge in [-0.05, 0) is 37.3 Å². The molecule has 2 heterocycles. The third-order valence-electron chi connectivity index (χ3n) is 3.58. The number of alkyl halides is 1. The monoisotopic (exact) mass is 320 g/mol. The Morgan fingerprint density at radius 2 is 2.18 bits per heavy atom. The van der Waals surface area contributed by atoms with Gasteiger partial charge in [-0.1, -0.05) is 19.9 Å². The van der Waals surface area contributed by atoms with Gasteiger partial charge in [0.15, 0.2) is 0 Å². The molecular weight excluding hydrogens is 296 g/mol.